The number of nitrogens with zero attached hydrogens (tertiary/aromatic N) is 3. The number of carbonyl (C=O) groups excluding carboxylic acids is 1. The first-order chi connectivity index (χ1) is 14.1. The number of carbonyl (C=O) groups is 1. The molecule has 8 heteroatoms. The quantitative estimate of drug-likeness (QED) is 0.337. The fraction of sp³-hybridized carbons (Fsp3) is 0.636. The van der Waals surface area contributed by atoms with E-state index in [9.17, 15) is 4.79 Å². The molecule has 1 aromatic rings. The van der Waals surface area contributed by atoms with Crippen molar-refractivity contribution in [1.29, 1.82) is 0 Å². The molecule has 30 heavy (non-hydrogen) atoms. The number of amides is 1. The molecule has 0 aromatic heterocycles. The molecule has 1 amide bonds. The van der Waals surface area contributed by atoms with Crippen molar-refractivity contribution >= 4 is 41.5 Å². The summed E-state index contributed by atoms with van der Waals surface area (Å²) in [6.45, 7) is 2.01. The van der Waals surface area contributed by atoms with E-state index in [0.717, 1.165) is 36.9 Å². The van der Waals surface area contributed by atoms with E-state index in [-0.39, 0.29) is 42.5 Å². The van der Waals surface area contributed by atoms with Crippen LogP contribution < -0.4 is 20.3 Å². The number of benzene rings is 1. The second kappa shape index (κ2) is 12.2. The number of hydrogen-bond donors (Lipinski definition) is 2. The Labute approximate surface area is 197 Å². The van der Waals surface area contributed by atoms with Gasteiger partial charge in [-0.25, -0.2) is 4.99 Å². The molecule has 2 N–H and O–H groups in total. The summed E-state index contributed by atoms with van der Waals surface area (Å²) in [6.07, 6.45) is 7.18. The maximum absolute atomic E-state index is 12.0. The highest BCUT2D eigenvalue weighted by molar-refractivity contribution is 14.0. The third-order valence-corrected chi connectivity index (χ3v) is 5.77. The second-order valence-corrected chi connectivity index (χ2v) is 8.18. The Morgan fingerprint density at radius 2 is 1.83 bits per heavy atom. The minimum Gasteiger partial charge on any atom is -0.495 e. The molecule has 1 atom stereocenters. The van der Waals surface area contributed by atoms with E-state index < -0.39 is 0 Å². The summed E-state index contributed by atoms with van der Waals surface area (Å²) in [5, 5.41) is 7.16. The van der Waals surface area contributed by atoms with Gasteiger partial charge >= 0.3 is 0 Å². The Bertz CT molecular complexity index is 707. The first kappa shape index (κ1) is 24.6. The number of halogens is 1. The molecule has 0 bridgehead atoms. The minimum atomic E-state index is 0. The number of methoxy groups -OCH3 is 1. The van der Waals surface area contributed by atoms with Gasteiger partial charge in [-0.15, -0.1) is 24.0 Å². The maximum atomic E-state index is 12.0. The lowest BCUT2D eigenvalue weighted by Crippen LogP contribution is -2.49. The first-order valence-electron chi connectivity index (χ1n) is 10.7. The molecule has 168 valence electrons. The van der Waals surface area contributed by atoms with Crippen molar-refractivity contribution in [3.05, 3.63) is 24.3 Å². The molecule has 1 aromatic carbocycles. The number of aliphatic imine (C=N–C) groups is 1. The Hall–Kier alpha value is -1.71. The highest BCUT2D eigenvalue weighted by Gasteiger charge is 2.26. The Morgan fingerprint density at radius 3 is 2.53 bits per heavy atom. The van der Waals surface area contributed by atoms with Crippen LogP contribution in [0.5, 0.6) is 5.75 Å². The third kappa shape index (κ3) is 6.92. The second-order valence-electron chi connectivity index (χ2n) is 8.18. The van der Waals surface area contributed by atoms with Gasteiger partial charge < -0.3 is 25.2 Å². The van der Waals surface area contributed by atoms with Crippen molar-refractivity contribution in [3.8, 4) is 5.75 Å². The fourth-order valence-electron chi connectivity index (χ4n) is 4.04. The molecule has 1 aliphatic carbocycles. The van der Waals surface area contributed by atoms with Gasteiger partial charge in [-0.3, -0.25) is 4.79 Å². The molecular weight excluding hydrogens is 493 g/mol. The summed E-state index contributed by atoms with van der Waals surface area (Å²) in [4.78, 5) is 20.6. The molecule has 0 radical (unpaired) electrons. The topological polar surface area (TPSA) is 69.2 Å². The molecule has 2 aliphatic rings. The lowest BCUT2D eigenvalue weighted by atomic mass is 9.96. The van der Waals surface area contributed by atoms with E-state index in [1.807, 2.05) is 18.2 Å². The molecule has 1 aliphatic heterocycles. The van der Waals surface area contributed by atoms with Crippen molar-refractivity contribution in [2.75, 3.05) is 45.7 Å². The predicted octanol–water partition coefficient (Wildman–Crippen LogP) is 2.85. The third-order valence-electron chi connectivity index (χ3n) is 5.77. The molecular formula is C22H36IN5O2. The van der Waals surface area contributed by atoms with Crippen LogP contribution in [0.25, 0.3) is 0 Å². The van der Waals surface area contributed by atoms with Gasteiger partial charge in [0.25, 0.3) is 0 Å². The standard InChI is InChI=1S/C22H35N5O2.HI/c1-26(2)21(28)15-23-22(24-17-9-5-4-6-10-17)25-18-13-14-27(16-18)19-11-7-8-12-20(19)29-3;/h7-8,11-12,17-18H,4-6,9-10,13-16H2,1-3H3,(H2,23,24,25);1H. The summed E-state index contributed by atoms with van der Waals surface area (Å²) in [6, 6.07) is 8.87. The van der Waals surface area contributed by atoms with Gasteiger partial charge in [-0.1, -0.05) is 31.4 Å². The van der Waals surface area contributed by atoms with Crippen LogP contribution in [-0.2, 0) is 4.79 Å². The van der Waals surface area contributed by atoms with E-state index in [0.29, 0.717) is 6.04 Å². The van der Waals surface area contributed by atoms with E-state index in [2.05, 4.69) is 26.6 Å². The van der Waals surface area contributed by atoms with Gasteiger partial charge in [0, 0.05) is 39.3 Å². The summed E-state index contributed by atoms with van der Waals surface area (Å²) < 4.78 is 5.52. The number of nitrogens with one attached hydrogen (secondary N) is 2. The number of para-hydroxylation sites is 2. The van der Waals surface area contributed by atoms with Crippen LogP contribution in [0.4, 0.5) is 5.69 Å². The summed E-state index contributed by atoms with van der Waals surface area (Å²) in [5.41, 5.74) is 1.13. The summed E-state index contributed by atoms with van der Waals surface area (Å²) in [5.74, 6) is 1.68. The van der Waals surface area contributed by atoms with Crippen LogP contribution in [0.1, 0.15) is 38.5 Å². The normalized spacial score (nSPS) is 19.8. The van der Waals surface area contributed by atoms with Gasteiger partial charge in [-0.2, -0.15) is 0 Å². The molecule has 7 nitrogen and oxygen atoms in total. The fourth-order valence-corrected chi connectivity index (χ4v) is 4.04. The predicted molar refractivity (Wildman–Crippen MR) is 133 cm³/mol. The molecule has 3 rings (SSSR count). The monoisotopic (exact) mass is 529 g/mol. The number of guanidine groups is 1. The summed E-state index contributed by atoms with van der Waals surface area (Å²) >= 11 is 0. The van der Waals surface area contributed by atoms with Gasteiger partial charge in [0.2, 0.25) is 5.91 Å². The Kier molecular flexibility index (Phi) is 10.0. The van der Waals surface area contributed by atoms with Gasteiger partial charge in [0.05, 0.1) is 12.8 Å². The SMILES string of the molecule is COc1ccccc1N1CCC(NC(=NCC(=O)N(C)C)NC2CCCCC2)C1.I. The average molecular weight is 529 g/mol. The lowest BCUT2D eigenvalue weighted by molar-refractivity contribution is -0.127. The smallest absolute Gasteiger partial charge is 0.243 e. The first-order valence-corrected chi connectivity index (χ1v) is 10.7. The molecule has 0 spiro atoms. The van der Waals surface area contributed by atoms with Crippen molar-refractivity contribution < 1.29 is 9.53 Å². The Morgan fingerprint density at radius 1 is 1.13 bits per heavy atom. The van der Waals surface area contributed by atoms with Crippen molar-refractivity contribution in [2.45, 2.75) is 50.6 Å². The number of ether oxygens (including phenoxy) is 1. The lowest BCUT2D eigenvalue weighted by Gasteiger charge is -2.27. The highest BCUT2D eigenvalue weighted by atomic mass is 127. The van der Waals surface area contributed by atoms with E-state index in [4.69, 9.17) is 4.74 Å². The van der Waals surface area contributed by atoms with Crippen LogP contribution in [0.3, 0.4) is 0 Å². The van der Waals surface area contributed by atoms with Crippen LogP contribution in [0, 0.1) is 0 Å². The van der Waals surface area contributed by atoms with Crippen molar-refractivity contribution in [2.24, 2.45) is 4.99 Å². The van der Waals surface area contributed by atoms with Crippen LogP contribution in [0.15, 0.2) is 29.3 Å². The zero-order chi connectivity index (χ0) is 20.6. The average Bonchev–Trinajstić information content (AvgIpc) is 3.20. The zero-order valence-electron chi connectivity index (χ0n) is 18.4. The molecule has 2 fully saturated rings. The number of hydrogen-bond acceptors (Lipinski definition) is 4. The number of likely N-dealkylation sites (N-methyl/N-ethyl adjacent to an activating group) is 1. The van der Waals surface area contributed by atoms with Gasteiger partial charge in [0.15, 0.2) is 5.96 Å². The van der Waals surface area contributed by atoms with Gasteiger partial charge in [-0.05, 0) is 31.4 Å². The van der Waals surface area contributed by atoms with Crippen molar-refractivity contribution in [3.63, 3.8) is 0 Å². The van der Waals surface area contributed by atoms with Crippen LogP contribution >= 0.6 is 24.0 Å². The minimum absolute atomic E-state index is 0. The summed E-state index contributed by atoms with van der Waals surface area (Å²) in [7, 11) is 5.24. The van der Waals surface area contributed by atoms with Crippen LogP contribution in [0.2, 0.25) is 0 Å². The Balaban J connectivity index is 0.00000320. The zero-order valence-corrected chi connectivity index (χ0v) is 20.7. The molecule has 1 heterocycles. The highest BCUT2D eigenvalue weighted by Crippen LogP contribution is 2.30. The van der Waals surface area contributed by atoms with E-state index in [1.54, 1.807) is 26.1 Å². The van der Waals surface area contributed by atoms with Crippen LogP contribution in [-0.4, -0.2) is 69.7 Å². The molecule has 1 unspecified atom stereocenters. The van der Waals surface area contributed by atoms with E-state index in [1.165, 1.54) is 32.1 Å². The number of rotatable bonds is 6. The maximum Gasteiger partial charge on any atom is 0.243 e. The largest absolute Gasteiger partial charge is 0.495 e. The van der Waals surface area contributed by atoms with E-state index >= 15 is 0 Å². The molecule has 1 saturated carbocycles. The molecule has 1 saturated heterocycles. The van der Waals surface area contributed by atoms with Crippen molar-refractivity contribution in [1.82, 2.24) is 15.5 Å². The van der Waals surface area contributed by atoms with Gasteiger partial charge in [0.1, 0.15) is 12.3 Å². The number of anilines is 1.